The molecule has 0 aliphatic heterocycles. The maximum Gasteiger partial charge on any atom is 0.148 e. The van der Waals surface area contributed by atoms with Gasteiger partial charge in [-0.25, -0.2) is 0 Å². The molecule has 0 radical (unpaired) electrons. The fraction of sp³-hybridized carbons (Fsp3) is 0.143. The minimum atomic E-state index is 0.414. The van der Waals surface area contributed by atoms with Gasteiger partial charge in [0.2, 0.25) is 0 Å². The molecule has 26 heavy (non-hydrogen) atoms. The fourth-order valence-corrected chi connectivity index (χ4v) is 4.28. The molecule has 0 amide bonds. The molecule has 134 valence electrons. The Balaban J connectivity index is 1.69. The van der Waals surface area contributed by atoms with Gasteiger partial charge in [-0.1, -0.05) is 41.9 Å². The molecule has 0 unspecified atom stereocenters. The molecular weight excluding hydrogens is 477 g/mol. The normalized spacial score (nSPS) is 10.6. The lowest BCUT2D eigenvalue weighted by molar-refractivity contribution is 0.302. The predicted molar refractivity (Wildman–Crippen MR) is 116 cm³/mol. The van der Waals surface area contributed by atoms with Gasteiger partial charge in [0.25, 0.3) is 0 Å². The third-order valence-electron chi connectivity index (χ3n) is 3.90. The summed E-state index contributed by atoms with van der Waals surface area (Å²) < 4.78 is 7.77. The number of rotatable bonds is 6. The molecule has 0 saturated heterocycles. The van der Waals surface area contributed by atoms with Crippen molar-refractivity contribution in [1.29, 1.82) is 0 Å². The van der Waals surface area contributed by atoms with Crippen LogP contribution in [0.5, 0.6) is 5.75 Å². The zero-order chi connectivity index (χ0) is 18.5. The molecule has 5 heteroatoms. The summed E-state index contributed by atoms with van der Waals surface area (Å²) in [7, 11) is 0. The molecule has 0 spiro atoms. The average molecular weight is 496 g/mol. The first-order valence-corrected chi connectivity index (χ1v) is 10.1. The van der Waals surface area contributed by atoms with Crippen molar-refractivity contribution in [3.05, 3.63) is 91.3 Å². The molecule has 0 bridgehead atoms. The highest BCUT2D eigenvalue weighted by atomic mass is 79.9. The molecule has 3 aromatic carbocycles. The second kappa shape index (κ2) is 8.94. The summed E-state index contributed by atoms with van der Waals surface area (Å²) in [5.41, 5.74) is 4.45. The van der Waals surface area contributed by atoms with Gasteiger partial charge >= 0.3 is 0 Å². The van der Waals surface area contributed by atoms with Crippen molar-refractivity contribution in [3.63, 3.8) is 0 Å². The Morgan fingerprint density at radius 1 is 0.962 bits per heavy atom. The highest BCUT2D eigenvalue weighted by Gasteiger charge is 2.10. The van der Waals surface area contributed by atoms with E-state index in [2.05, 4.69) is 80.5 Å². The second-order valence-corrected chi connectivity index (χ2v) is 8.11. The third-order valence-corrected chi connectivity index (χ3v) is 5.45. The van der Waals surface area contributed by atoms with E-state index in [0.717, 1.165) is 38.1 Å². The quantitative estimate of drug-likeness (QED) is 0.386. The molecule has 0 aromatic heterocycles. The van der Waals surface area contributed by atoms with Crippen LogP contribution < -0.4 is 10.1 Å². The largest absolute Gasteiger partial charge is 0.486 e. The first-order chi connectivity index (χ1) is 12.5. The van der Waals surface area contributed by atoms with Crippen LogP contribution in [0, 0.1) is 6.92 Å². The Kier molecular flexibility index (Phi) is 6.63. The number of hydrogen-bond acceptors (Lipinski definition) is 2. The molecule has 0 aliphatic carbocycles. The topological polar surface area (TPSA) is 21.3 Å². The first-order valence-electron chi connectivity index (χ1n) is 8.17. The number of halogens is 3. The van der Waals surface area contributed by atoms with Gasteiger partial charge in [0.05, 0.1) is 8.95 Å². The Morgan fingerprint density at radius 3 is 2.38 bits per heavy atom. The smallest absolute Gasteiger partial charge is 0.148 e. The average Bonchev–Trinajstić information content (AvgIpc) is 2.61. The van der Waals surface area contributed by atoms with Crippen molar-refractivity contribution in [3.8, 4) is 5.75 Å². The lowest BCUT2D eigenvalue weighted by Crippen LogP contribution is -2.02. The molecule has 2 nitrogen and oxygen atoms in total. The van der Waals surface area contributed by atoms with Crippen LogP contribution >= 0.6 is 43.5 Å². The van der Waals surface area contributed by atoms with Crippen molar-refractivity contribution >= 4 is 49.1 Å². The van der Waals surface area contributed by atoms with Crippen LogP contribution in [0.4, 0.5) is 5.69 Å². The van der Waals surface area contributed by atoms with E-state index in [0.29, 0.717) is 11.6 Å². The van der Waals surface area contributed by atoms with Crippen LogP contribution in [0.1, 0.15) is 16.7 Å². The van der Waals surface area contributed by atoms with Crippen LogP contribution in [0.2, 0.25) is 5.02 Å². The summed E-state index contributed by atoms with van der Waals surface area (Å²) in [4.78, 5) is 0. The van der Waals surface area contributed by atoms with Crippen molar-refractivity contribution in [2.24, 2.45) is 0 Å². The van der Waals surface area contributed by atoms with Gasteiger partial charge in [-0.15, -0.1) is 0 Å². The first kappa shape index (κ1) is 19.3. The highest BCUT2D eigenvalue weighted by Crippen LogP contribution is 2.36. The monoisotopic (exact) mass is 493 g/mol. The fourth-order valence-electron chi connectivity index (χ4n) is 2.58. The van der Waals surface area contributed by atoms with E-state index >= 15 is 0 Å². The summed E-state index contributed by atoms with van der Waals surface area (Å²) in [6.07, 6.45) is 0. The van der Waals surface area contributed by atoms with Crippen molar-refractivity contribution < 1.29 is 4.74 Å². The van der Waals surface area contributed by atoms with Crippen molar-refractivity contribution in [1.82, 2.24) is 0 Å². The van der Waals surface area contributed by atoms with E-state index in [1.807, 2.05) is 24.3 Å². The number of benzene rings is 3. The van der Waals surface area contributed by atoms with Gasteiger partial charge in [-0.05, 0) is 80.2 Å². The molecule has 0 atom stereocenters. The van der Waals surface area contributed by atoms with Gasteiger partial charge < -0.3 is 10.1 Å². The predicted octanol–water partition coefficient (Wildman–Crippen LogP) is 7.36. The Hall–Kier alpha value is -1.49. The van der Waals surface area contributed by atoms with Gasteiger partial charge in [-0.2, -0.15) is 0 Å². The van der Waals surface area contributed by atoms with Crippen LogP contribution in [0.3, 0.4) is 0 Å². The van der Waals surface area contributed by atoms with E-state index in [-0.39, 0.29) is 0 Å². The maximum atomic E-state index is 6.19. The van der Waals surface area contributed by atoms with Crippen LogP contribution in [0.25, 0.3) is 0 Å². The molecule has 0 fully saturated rings. The zero-order valence-corrected chi connectivity index (χ0v) is 18.2. The van der Waals surface area contributed by atoms with Crippen LogP contribution in [0.15, 0.2) is 69.6 Å². The third kappa shape index (κ3) is 5.03. The van der Waals surface area contributed by atoms with E-state index < -0.39 is 0 Å². The Labute approximate surface area is 175 Å². The highest BCUT2D eigenvalue weighted by molar-refractivity contribution is 9.11. The van der Waals surface area contributed by atoms with E-state index in [1.165, 1.54) is 5.56 Å². The molecule has 3 aromatic rings. The Morgan fingerprint density at radius 2 is 1.69 bits per heavy atom. The summed E-state index contributed by atoms with van der Waals surface area (Å²) in [5.74, 6) is 0.768. The minimum absolute atomic E-state index is 0.414. The molecule has 0 saturated carbocycles. The van der Waals surface area contributed by atoms with Gasteiger partial charge in [0.1, 0.15) is 12.4 Å². The lowest BCUT2D eigenvalue weighted by Gasteiger charge is -2.14. The van der Waals surface area contributed by atoms with E-state index in [4.69, 9.17) is 16.3 Å². The number of anilines is 1. The van der Waals surface area contributed by atoms with Crippen LogP contribution in [-0.2, 0) is 13.2 Å². The van der Waals surface area contributed by atoms with E-state index in [1.54, 1.807) is 0 Å². The molecule has 3 rings (SSSR count). The van der Waals surface area contributed by atoms with Gasteiger partial charge in [-0.3, -0.25) is 0 Å². The SMILES string of the molecule is Cc1cccc(NCc2cc(Br)c(OCc3ccccc3Cl)c(Br)c2)c1. The second-order valence-electron chi connectivity index (χ2n) is 5.99. The standard InChI is InChI=1S/C21H18Br2ClNO/c1-14-5-4-7-17(9-14)25-12-15-10-18(22)21(19(23)11-15)26-13-16-6-2-3-8-20(16)24/h2-11,25H,12-13H2,1H3. The summed E-state index contributed by atoms with van der Waals surface area (Å²) in [5, 5.41) is 4.15. The Bertz CT molecular complexity index is 891. The van der Waals surface area contributed by atoms with Crippen LogP contribution in [-0.4, -0.2) is 0 Å². The minimum Gasteiger partial charge on any atom is -0.486 e. The number of aryl methyl sites for hydroxylation is 1. The summed E-state index contributed by atoms with van der Waals surface area (Å²) >= 11 is 13.4. The van der Waals surface area contributed by atoms with Crippen molar-refractivity contribution in [2.75, 3.05) is 5.32 Å². The lowest BCUT2D eigenvalue weighted by atomic mass is 10.2. The summed E-state index contributed by atoms with van der Waals surface area (Å²) in [6.45, 7) is 3.23. The number of ether oxygens (including phenoxy) is 1. The summed E-state index contributed by atoms with van der Waals surface area (Å²) in [6, 6.07) is 20.2. The van der Waals surface area contributed by atoms with Gasteiger partial charge in [0, 0.05) is 22.8 Å². The molecule has 0 heterocycles. The number of nitrogens with one attached hydrogen (secondary N) is 1. The van der Waals surface area contributed by atoms with E-state index in [9.17, 15) is 0 Å². The maximum absolute atomic E-state index is 6.19. The number of hydrogen-bond donors (Lipinski definition) is 1. The van der Waals surface area contributed by atoms with Gasteiger partial charge in [0.15, 0.2) is 0 Å². The molecular formula is C21H18Br2ClNO. The zero-order valence-electron chi connectivity index (χ0n) is 14.2. The molecule has 0 aliphatic rings. The molecule has 1 N–H and O–H groups in total. The van der Waals surface area contributed by atoms with Crippen molar-refractivity contribution in [2.45, 2.75) is 20.1 Å².